The van der Waals surface area contributed by atoms with Crippen LogP contribution in [0.4, 0.5) is 0 Å². The first-order valence-corrected chi connectivity index (χ1v) is 7.54. The summed E-state index contributed by atoms with van der Waals surface area (Å²) in [6.07, 6.45) is 7.38. The first kappa shape index (κ1) is 15.7. The van der Waals surface area contributed by atoms with Crippen molar-refractivity contribution in [1.29, 1.82) is 0 Å². The van der Waals surface area contributed by atoms with Gasteiger partial charge in [-0.05, 0) is 25.0 Å². The average molecular weight is 262 g/mol. The van der Waals surface area contributed by atoms with Crippen LogP contribution in [0.15, 0.2) is 24.3 Å². The van der Waals surface area contributed by atoms with Crippen LogP contribution in [-0.2, 0) is 0 Å². The molecule has 0 amide bonds. The minimum atomic E-state index is 0.233. The Bertz CT molecular complexity index is 371. The molecule has 2 nitrogen and oxygen atoms in total. The Morgan fingerprint density at radius 3 is 2.58 bits per heavy atom. The molecule has 1 aromatic carbocycles. The number of ketones is 1. The van der Waals surface area contributed by atoms with E-state index in [1.807, 2.05) is 24.3 Å². The maximum absolute atomic E-state index is 12.0. The van der Waals surface area contributed by atoms with Crippen LogP contribution in [0.3, 0.4) is 0 Å². The zero-order valence-electron chi connectivity index (χ0n) is 12.3. The Morgan fingerprint density at radius 2 is 1.84 bits per heavy atom. The summed E-state index contributed by atoms with van der Waals surface area (Å²) < 4.78 is 5.63. The number of Topliss-reactive ketones (excluding diaryl/α,β-unsaturated/α-hetero) is 1. The van der Waals surface area contributed by atoms with E-state index in [4.69, 9.17) is 4.74 Å². The molecule has 0 aliphatic rings. The summed E-state index contributed by atoms with van der Waals surface area (Å²) in [6.45, 7) is 5.04. The zero-order valence-corrected chi connectivity index (χ0v) is 12.3. The van der Waals surface area contributed by atoms with Crippen LogP contribution in [0.25, 0.3) is 0 Å². The van der Waals surface area contributed by atoms with Crippen molar-refractivity contribution in [3.05, 3.63) is 29.8 Å². The molecule has 1 rings (SSSR count). The first-order valence-electron chi connectivity index (χ1n) is 7.54. The number of hydrogen-bond donors (Lipinski definition) is 0. The molecule has 0 saturated carbocycles. The Morgan fingerprint density at radius 1 is 1.05 bits per heavy atom. The fourth-order valence-electron chi connectivity index (χ4n) is 1.95. The van der Waals surface area contributed by atoms with Crippen LogP contribution in [0.1, 0.15) is 69.2 Å². The van der Waals surface area contributed by atoms with Gasteiger partial charge in [-0.3, -0.25) is 4.79 Å². The predicted octanol–water partition coefficient (Wildman–Crippen LogP) is 5.02. The van der Waals surface area contributed by atoms with Crippen molar-refractivity contribution in [2.24, 2.45) is 0 Å². The number of unbranched alkanes of at least 4 members (excludes halogenated alkanes) is 4. The standard InChI is InChI=1S/C17H26O2/c1-3-5-7-8-12-17(18)15-10-9-11-16(14-15)19-13-6-4-2/h9-11,14H,3-8,12-13H2,1-2H3. The van der Waals surface area contributed by atoms with Crippen molar-refractivity contribution in [3.63, 3.8) is 0 Å². The maximum Gasteiger partial charge on any atom is 0.163 e. The second-order valence-corrected chi connectivity index (χ2v) is 4.96. The van der Waals surface area contributed by atoms with Crippen molar-refractivity contribution in [2.45, 2.75) is 58.8 Å². The summed E-state index contributed by atoms with van der Waals surface area (Å²) in [7, 11) is 0. The quantitative estimate of drug-likeness (QED) is 0.437. The zero-order chi connectivity index (χ0) is 13.9. The van der Waals surface area contributed by atoms with Crippen LogP contribution < -0.4 is 4.74 Å². The topological polar surface area (TPSA) is 26.3 Å². The molecule has 106 valence electrons. The van der Waals surface area contributed by atoms with Gasteiger partial charge in [0.05, 0.1) is 6.61 Å². The highest BCUT2D eigenvalue weighted by molar-refractivity contribution is 5.96. The minimum Gasteiger partial charge on any atom is -0.494 e. The number of hydrogen-bond acceptors (Lipinski definition) is 2. The third-order valence-corrected chi connectivity index (χ3v) is 3.18. The highest BCUT2D eigenvalue weighted by atomic mass is 16.5. The largest absolute Gasteiger partial charge is 0.494 e. The Labute approximate surface area is 117 Å². The summed E-state index contributed by atoms with van der Waals surface area (Å²) in [4.78, 5) is 12.0. The van der Waals surface area contributed by atoms with Gasteiger partial charge in [0.25, 0.3) is 0 Å². The normalized spacial score (nSPS) is 10.4. The molecule has 0 saturated heterocycles. The molecule has 0 fully saturated rings. The van der Waals surface area contributed by atoms with Gasteiger partial charge in [-0.25, -0.2) is 0 Å². The monoisotopic (exact) mass is 262 g/mol. The highest BCUT2D eigenvalue weighted by Gasteiger charge is 2.06. The number of benzene rings is 1. The van der Waals surface area contributed by atoms with Gasteiger partial charge in [-0.15, -0.1) is 0 Å². The molecular formula is C17H26O2. The van der Waals surface area contributed by atoms with Crippen molar-refractivity contribution in [1.82, 2.24) is 0 Å². The lowest BCUT2D eigenvalue weighted by Gasteiger charge is -2.07. The number of carbonyl (C=O) groups is 1. The van der Waals surface area contributed by atoms with Crippen LogP contribution in [0.2, 0.25) is 0 Å². The van der Waals surface area contributed by atoms with E-state index in [1.54, 1.807) is 0 Å². The molecule has 1 aromatic rings. The van der Waals surface area contributed by atoms with Gasteiger partial charge in [0.1, 0.15) is 5.75 Å². The van der Waals surface area contributed by atoms with Crippen LogP contribution in [0.5, 0.6) is 5.75 Å². The van der Waals surface area contributed by atoms with E-state index in [0.29, 0.717) is 6.42 Å². The summed E-state index contributed by atoms with van der Waals surface area (Å²) in [5.41, 5.74) is 0.783. The van der Waals surface area contributed by atoms with Crippen molar-refractivity contribution < 1.29 is 9.53 Å². The lowest BCUT2D eigenvalue weighted by Crippen LogP contribution is -2.01. The fourth-order valence-corrected chi connectivity index (χ4v) is 1.95. The summed E-state index contributed by atoms with van der Waals surface area (Å²) in [6, 6.07) is 7.58. The Balaban J connectivity index is 2.43. The fraction of sp³-hybridized carbons (Fsp3) is 0.588. The second-order valence-electron chi connectivity index (χ2n) is 4.96. The second kappa shape index (κ2) is 9.60. The molecule has 0 aliphatic carbocycles. The minimum absolute atomic E-state index is 0.233. The SMILES string of the molecule is CCCCCCC(=O)c1cccc(OCCCC)c1. The molecule has 19 heavy (non-hydrogen) atoms. The maximum atomic E-state index is 12.0. The lowest BCUT2D eigenvalue weighted by atomic mass is 10.0. The molecule has 0 aromatic heterocycles. The van der Waals surface area contributed by atoms with Gasteiger partial charge in [-0.2, -0.15) is 0 Å². The van der Waals surface area contributed by atoms with E-state index in [2.05, 4.69) is 13.8 Å². The van der Waals surface area contributed by atoms with E-state index in [1.165, 1.54) is 12.8 Å². The Hall–Kier alpha value is -1.31. The Kier molecular flexibility index (Phi) is 7.95. The van der Waals surface area contributed by atoms with Crippen molar-refractivity contribution in [3.8, 4) is 5.75 Å². The number of ether oxygens (including phenoxy) is 1. The van der Waals surface area contributed by atoms with Crippen LogP contribution >= 0.6 is 0 Å². The van der Waals surface area contributed by atoms with E-state index < -0.39 is 0 Å². The molecule has 0 bridgehead atoms. The average Bonchev–Trinajstić information content (AvgIpc) is 2.44. The van der Waals surface area contributed by atoms with Gasteiger partial charge in [0.2, 0.25) is 0 Å². The van der Waals surface area contributed by atoms with Gasteiger partial charge >= 0.3 is 0 Å². The third kappa shape index (κ3) is 6.42. The molecule has 0 spiro atoms. The third-order valence-electron chi connectivity index (χ3n) is 3.18. The van der Waals surface area contributed by atoms with Crippen LogP contribution in [-0.4, -0.2) is 12.4 Å². The molecule has 2 heteroatoms. The van der Waals surface area contributed by atoms with E-state index in [0.717, 1.165) is 43.6 Å². The van der Waals surface area contributed by atoms with Gasteiger partial charge in [0.15, 0.2) is 5.78 Å². The summed E-state index contributed by atoms with van der Waals surface area (Å²) in [5, 5.41) is 0. The van der Waals surface area contributed by atoms with E-state index in [9.17, 15) is 4.79 Å². The molecule has 0 aliphatic heterocycles. The van der Waals surface area contributed by atoms with E-state index >= 15 is 0 Å². The molecule has 0 atom stereocenters. The van der Waals surface area contributed by atoms with Gasteiger partial charge in [0, 0.05) is 12.0 Å². The smallest absolute Gasteiger partial charge is 0.163 e. The number of carbonyl (C=O) groups excluding carboxylic acids is 1. The molecular weight excluding hydrogens is 236 g/mol. The highest BCUT2D eigenvalue weighted by Crippen LogP contribution is 2.16. The van der Waals surface area contributed by atoms with E-state index in [-0.39, 0.29) is 5.78 Å². The first-order chi connectivity index (χ1) is 9.27. The molecule has 0 N–H and O–H groups in total. The van der Waals surface area contributed by atoms with Crippen molar-refractivity contribution in [2.75, 3.05) is 6.61 Å². The summed E-state index contributed by atoms with van der Waals surface area (Å²) >= 11 is 0. The van der Waals surface area contributed by atoms with Crippen LogP contribution in [0, 0.1) is 0 Å². The molecule has 0 radical (unpaired) electrons. The van der Waals surface area contributed by atoms with Gasteiger partial charge in [-0.1, -0.05) is 51.7 Å². The van der Waals surface area contributed by atoms with Crippen molar-refractivity contribution >= 4 is 5.78 Å². The number of rotatable bonds is 10. The molecule has 0 heterocycles. The summed E-state index contributed by atoms with van der Waals surface area (Å²) in [5.74, 6) is 1.05. The lowest BCUT2D eigenvalue weighted by molar-refractivity contribution is 0.0978. The molecule has 0 unspecified atom stereocenters. The van der Waals surface area contributed by atoms with Gasteiger partial charge < -0.3 is 4.74 Å². The predicted molar refractivity (Wildman–Crippen MR) is 79.9 cm³/mol.